The van der Waals surface area contributed by atoms with Crippen LogP contribution in [0.5, 0.6) is 0 Å². The quantitative estimate of drug-likeness (QED) is 0.745. The first kappa shape index (κ1) is 13.8. The molecule has 2 aromatic rings. The minimum absolute atomic E-state index is 0.191. The topological polar surface area (TPSA) is 14.2 Å². The standard InChI is InChI=1S/C14H23NOSSi/c1-14(2,3)8-13(16-18(4)5)15-9-11-6-7-17-12(11)10-15/h6-7,9-10,13,18H,8H2,1-5H3. The van der Waals surface area contributed by atoms with Gasteiger partial charge in [0.1, 0.15) is 6.23 Å². The third kappa shape index (κ3) is 3.46. The lowest BCUT2D eigenvalue weighted by Gasteiger charge is -2.29. The van der Waals surface area contributed by atoms with E-state index in [-0.39, 0.29) is 11.6 Å². The Kier molecular flexibility index (Phi) is 3.99. The van der Waals surface area contributed by atoms with Crippen LogP contribution in [0.3, 0.4) is 0 Å². The van der Waals surface area contributed by atoms with E-state index >= 15 is 0 Å². The third-order valence-corrected chi connectivity index (χ3v) is 4.56. The van der Waals surface area contributed by atoms with E-state index in [0.29, 0.717) is 0 Å². The molecule has 0 aromatic carbocycles. The van der Waals surface area contributed by atoms with Gasteiger partial charge >= 0.3 is 0 Å². The second-order valence-electron chi connectivity index (χ2n) is 6.35. The highest BCUT2D eigenvalue weighted by Gasteiger charge is 2.22. The molecule has 0 radical (unpaired) electrons. The minimum atomic E-state index is -1.03. The van der Waals surface area contributed by atoms with Gasteiger partial charge < -0.3 is 8.99 Å². The molecule has 0 N–H and O–H groups in total. The van der Waals surface area contributed by atoms with Gasteiger partial charge in [0.15, 0.2) is 9.04 Å². The summed E-state index contributed by atoms with van der Waals surface area (Å²) in [5.41, 5.74) is 0.283. The highest BCUT2D eigenvalue weighted by Crippen LogP contribution is 2.31. The first-order valence-electron chi connectivity index (χ1n) is 6.55. The number of aromatic nitrogens is 1. The van der Waals surface area contributed by atoms with Crippen molar-refractivity contribution in [2.45, 2.75) is 46.5 Å². The second kappa shape index (κ2) is 5.19. The van der Waals surface area contributed by atoms with Crippen LogP contribution < -0.4 is 0 Å². The summed E-state index contributed by atoms with van der Waals surface area (Å²) in [4.78, 5) is 0. The van der Waals surface area contributed by atoms with Crippen molar-refractivity contribution in [2.75, 3.05) is 0 Å². The fraction of sp³-hybridized carbons (Fsp3) is 0.571. The molecule has 0 bridgehead atoms. The third-order valence-electron chi connectivity index (χ3n) is 2.83. The highest BCUT2D eigenvalue weighted by atomic mass is 32.1. The number of hydrogen-bond acceptors (Lipinski definition) is 2. The van der Waals surface area contributed by atoms with Crippen molar-refractivity contribution >= 4 is 30.5 Å². The molecule has 0 aliphatic rings. The van der Waals surface area contributed by atoms with E-state index in [2.05, 4.69) is 62.3 Å². The Morgan fingerprint density at radius 1 is 1.33 bits per heavy atom. The predicted molar refractivity (Wildman–Crippen MR) is 82.9 cm³/mol. The van der Waals surface area contributed by atoms with Gasteiger partial charge in [0, 0.05) is 17.8 Å². The van der Waals surface area contributed by atoms with Gasteiger partial charge in [-0.05, 0) is 36.4 Å². The summed E-state index contributed by atoms with van der Waals surface area (Å²) in [6.07, 6.45) is 5.70. The molecule has 0 saturated carbocycles. The lowest BCUT2D eigenvalue weighted by molar-refractivity contribution is 0.0837. The Hall–Kier alpha value is -0.583. The number of thiophene rings is 1. The molecule has 2 nitrogen and oxygen atoms in total. The summed E-state index contributed by atoms with van der Waals surface area (Å²) >= 11 is 1.80. The summed E-state index contributed by atoms with van der Waals surface area (Å²) in [7, 11) is -1.03. The van der Waals surface area contributed by atoms with Crippen molar-refractivity contribution < 1.29 is 4.43 Å². The maximum Gasteiger partial charge on any atom is 0.173 e. The van der Waals surface area contributed by atoms with E-state index in [1.54, 1.807) is 11.3 Å². The van der Waals surface area contributed by atoms with Crippen molar-refractivity contribution in [1.29, 1.82) is 0 Å². The Balaban J connectivity index is 2.24. The van der Waals surface area contributed by atoms with Crippen LogP contribution in [0.1, 0.15) is 33.4 Å². The number of fused-ring (bicyclic) bond motifs is 1. The zero-order chi connectivity index (χ0) is 13.3. The van der Waals surface area contributed by atoms with Gasteiger partial charge in [0.2, 0.25) is 0 Å². The summed E-state index contributed by atoms with van der Waals surface area (Å²) in [6, 6.07) is 2.18. The Morgan fingerprint density at radius 2 is 2.06 bits per heavy atom. The summed E-state index contributed by atoms with van der Waals surface area (Å²) in [6.45, 7) is 11.3. The SMILES string of the molecule is C[SiH](C)OC(CC(C)(C)C)n1cc2ccsc2c1. The maximum absolute atomic E-state index is 6.22. The molecule has 1 atom stereocenters. The van der Waals surface area contributed by atoms with Gasteiger partial charge in [-0.2, -0.15) is 0 Å². The molecule has 0 spiro atoms. The molecule has 4 heteroatoms. The van der Waals surface area contributed by atoms with Gasteiger partial charge in [-0.25, -0.2) is 0 Å². The van der Waals surface area contributed by atoms with Crippen molar-refractivity contribution in [3.63, 3.8) is 0 Å². The zero-order valence-corrected chi connectivity index (χ0v) is 13.9. The lowest BCUT2D eigenvalue weighted by Crippen LogP contribution is -2.23. The first-order chi connectivity index (χ1) is 8.35. The van der Waals surface area contributed by atoms with E-state index in [9.17, 15) is 0 Å². The molecule has 1 unspecified atom stereocenters. The van der Waals surface area contributed by atoms with Gasteiger partial charge in [-0.15, -0.1) is 11.3 Å². The van der Waals surface area contributed by atoms with E-state index in [1.165, 1.54) is 10.1 Å². The maximum atomic E-state index is 6.22. The fourth-order valence-electron chi connectivity index (χ4n) is 2.10. The molecule has 0 aliphatic heterocycles. The van der Waals surface area contributed by atoms with E-state index < -0.39 is 9.04 Å². The zero-order valence-electron chi connectivity index (χ0n) is 11.9. The molecule has 100 valence electrons. The summed E-state index contributed by atoms with van der Waals surface area (Å²) in [5, 5.41) is 3.47. The van der Waals surface area contributed by atoms with Crippen molar-refractivity contribution in [2.24, 2.45) is 5.41 Å². The van der Waals surface area contributed by atoms with Crippen LogP contribution in [0, 0.1) is 5.41 Å². The van der Waals surface area contributed by atoms with Crippen LogP contribution in [0.25, 0.3) is 10.1 Å². The van der Waals surface area contributed by atoms with Gasteiger partial charge in [0.05, 0.1) is 4.70 Å². The largest absolute Gasteiger partial charge is 0.401 e. The number of hydrogen-bond donors (Lipinski definition) is 0. The molecule has 2 heterocycles. The normalized spacial score (nSPS) is 14.6. The molecule has 0 fully saturated rings. The molecule has 0 amide bonds. The number of nitrogens with zero attached hydrogens (tertiary/aromatic N) is 1. The molecule has 18 heavy (non-hydrogen) atoms. The number of rotatable bonds is 4. The van der Waals surface area contributed by atoms with Crippen molar-refractivity contribution in [3.05, 3.63) is 23.8 Å². The van der Waals surface area contributed by atoms with Crippen LogP contribution in [-0.2, 0) is 4.43 Å². The van der Waals surface area contributed by atoms with E-state index in [1.807, 2.05) is 0 Å². The van der Waals surface area contributed by atoms with E-state index in [4.69, 9.17) is 4.43 Å². The fourth-order valence-corrected chi connectivity index (χ4v) is 3.77. The second-order valence-corrected chi connectivity index (χ2v) is 9.67. The van der Waals surface area contributed by atoms with Crippen LogP contribution in [0.4, 0.5) is 0 Å². The van der Waals surface area contributed by atoms with Gasteiger partial charge in [0.25, 0.3) is 0 Å². The average molecular weight is 281 g/mol. The Bertz CT molecular complexity index is 481. The molecular weight excluding hydrogens is 258 g/mol. The van der Waals surface area contributed by atoms with Gasteiger partial charge in [-0.1, -0.05) is 20.8 Å². The van der Waals surface area contributed by atoms with Crippen molar-refractivity contribution in [3.8, 4) is 0 Å². The predicted octanol–water partition coefficient (Wildman–Crippen LogP) is 4.64. The monoisotopic (exact) mass is 281 g/mol. The Labute approximate surface area is 115 Å². The smallest absolute Gasteiger partial charge is 0.173 e. The minimum Gasteiger partial charge on any atom is -0.401 e. The summed E-state index contributed by atoms with van der Waals surface area (Å²) in [5.74, 6) is 0. The van der Waals surface area contributed by atoms with Crippen LogP contribution >= 0.6 is 11.3 Å². The van der Waals surface area contributed by atoms with Crippen LogP contribution in [-0.4, -0.2) is 13.6 Å². The Morgan fingerprint density at radius 3 is 2.61 bits per heavy atom. The van der Waals surface area contributed by atoms with E-state index in [0.717, 1.165) is 6.42 Å². The molecule has 0 saturated heterocycles. The first-order valence-corrected chi connectivity index (χ1v) is 10.2. The van der Waals surface area contributed by atoms with Gasteiger partial charge in [-0.3, -0.25) is 0 Å². The molecule has 0 aliphatic carbocycles. The van der Waals surface area contributed by atoms with Crippen molar-refractivity contribution in [1.82, 2.24) is 4.57 Å². The lowest BCUT2D eigenvalue weighted by atomic mass is 9.91. The molecular formula is C14H23NOSSi. The molecule has 2 aromatic heterocycles. The average Bonchev–Trinajstić information content (AvgIpc) is 2.71. The van der Waals surface area contributed by atoms with Crippen LogP contribution in [0.15, 0.2) is 23.8 Å². The highest BCUT2D eigenvalue weighted by molar-refractivity contribution is 7.17. The van der Waals surface area contributed by atoms with Crippen LogP contribution in [0.2, 0.25) is 13.1 Å². The summed E-state index contributed by atoms with van der Waals surface area (Å²) < 4.78 is 9.83. The molecule has 2 rings (SSSR count).